The van der Waals surface area contributed by atoms with Crippen LogP contribution in [0.2, 0.25) is 0 Å². The quantitative estimate of drug-likeness (QED) is 0.180. The largest absolute Gasteiger partial charge is 0.333 e. The molecule has 4 heterocycles. The van der Waals surface area contributed by atoms with Crippen molar-refractivity contribution in [1.82, 2.24) is 24.5 Å². The molecular weight excluding hydrogens is 661 g/mol. The highest BCUT2D eigenvalue weighted by molar-refractivity contribution is 6.13. The molecule has 2 aliphatic rings. The fraction of sp³-hybridized carbons (Fsp3) is 0.0417. The van der Waals surface area contributed by atoms with E-state index in [2.05, 4.69) is 179 Å². The van der Waals surface area contributed by atoms with Crippen LogP contribution in [0.3, 0.4) is 0 Å². The molecule has 2 unspecified atom stereocenters. The summed E-state index contributed by atoms with van der Waals surface area (Å²) in [5.41, 5.74) is 10.4. The van der Waals surface area contributed by atoms with Gasteiger partial charge in [-0.05, 0) is 60.2 Å². The number of hydrogen-bond acceptors (Lipinski definition) is 5. The molecule has 1 aliphatic carbocycles. The van der Waals surface area contributed by atoms with E-state index < -0.39 is 0 Å². The van der Waals surface area contributed by atoms with Gasteiger partial charge in [-0.3, -0.25) is 4.98 Å². The molecule has 54 heavy (non-hydrogen) atoms. The molecule has 6 aromatic carbocycles. The van der Waals surface area contributed by atoms with Gasteiger partial charge in [-0.2, -0.15) is 0 Å². The molecule has 0 bridgehead atoms. The summed E-state index contributed by atoms with van der Waals surface area (Å²) >= 11 is 0. The summed E-state index contributed by atoms with van der Waals surface area (Å²) in [6, 6.07) is 53.1. The number of anilines is 2. The molecule has 6 nitrogen and oxygen atoms in total. The standard InChI is InChI=1S/C48H32N6/c1-3-17-32(18-4-1)53-41-28-9-7-21-34(41)36-23-12-26-39(44(36)53)47-50-46(38-25-11-15-31-16-14-30-49-43(31)38)51-48(52-47)40-27-13-24-37-35-22-8-10-29-42(35)54(45(37)40)33-19-5-2-6-20-33/h1-30,34,41H. The first-order valence-electron chi connectivity index (χ1n) is 18.3. The molecule has 9 aromatic rings. The lowest BCUT2D eigenvalue weighted by atomic mass is 9.91. The summed E-state index contributed by atoms with van der Waals surface area (Å²) in [4.78, 5) is 23.4. The lowest BCUT2D eigenvalue weighted by molar-refractivity contribution is 0.745. The number of allylic oxidation sites excluding steroid dienone is 2. The number of aromatic nitrogens is 5. The van der Waals surface area contributed by atoms with Crippen molar-refractivity contribution >= 4 is 44.1 Å². The van der Waals surface area contributed by atoms with Gasteiger partial charge in [-0.15, -0.1) is 0 Å². The summed E-state index contributed by atoms with van der Waals surface area (Å²) in [5, 5.41) is 3.35. The molecule has 0 amide bonds. The van der Waals surface area contributed by atoms with E-state index in [1.807, 2.05) is 12.3 Å². The Morgan fingerprint density at radius 1 is 0.481 bits per heavy atom. The van der Waals surface area contributed by atoms with Crippen LogP contribution in [-0.4, -0.2) is 30.5 Å². The number of fused-ring (bicyclic) bond motifs is 7. The molecule has 2 atom stereocenters. The van der Waals surface area contributed by atoms with Gasteiger partial charge in [-0.25, -0.2) is 15.0 Å². The van der Waals surface area contributed by atoms with Gasteiger partial charge in [0.25, 0.3) is 0 Å². The van der Waals surface area contributed by atoms with Crippen molar-refractivity contribution in [2.45, 2.75) is 12.0 Å². The van der Waals surface area contributed by atoms with E-state index in [1.54, 1.807) is 0 Å². The second kappa shape index (κ2) is 12.2. The molecule has 0 fully saturated rings. The minimum absolute atomic E-state index is 0.131. The molecule has 1 aliphatic heterocycles. The highest BCUT2D eigenvalue weighted by Gasteiger charge is 2.39. The minimum Gasteiger partial charge on any atom is -0.333 e. The first-order valence-corrected chi connectivity index (χ1v) is 18.3. The predicted octanol–water partition coefficient (Wildman–Crippen LogP) is 11.2. The van der Waals surface area contributed by atoms with Gasteiger partial charge in [0.1, 0.15) is 0 Å². The van der Waals surface area contributed by atoms with Gasteiger partial charge in [-0.1, -0.05) is 121 Å². The van der Waals surface area contributed by atoms with E-state index in [9.17, 15) is 0 Å². The summed E-state index contributed by atoms with van der Waals surface area (Å²) in [6.07, 6.45) is 10.8. The Morgan fingerprint density at radius 3 is 1.96 bits per heavy atom. The van der Waals surface area contributed by atoms with E-state index in [0.29, 0.717) is 17.5 Å². The van der Waals surface area contributed by atoms with E-state index in [1.165, 1.54) is 10.9 Å². The number of nitrogens with zero attached hydrogens (tertiary/aromatic N) is 6. The Bertz CT molecular complexity index is 2960. The lowest BCUT2D eigenvalue weighted by Gasteiger charge is -2.29. The molecular formula is C48H32N6. The Hall–Kier alpha value is -7.18. The van der Waals surface area contributed by atoms with Gasteiger partial charge in [0, 0.05) is 56.3 Å². The predicted molar refractivity (Wildman–Crippen MR) is 219 cm³/mol. The zero-order chi connectivity index (χ0) is 35.6. The maximum atomic E-state index is 5.44. The Morgan fingerprint density at radius 2 is 1.11 bits per heavy atom. The highest BCUT2D eigenvalue weighted by Crippen LogP contribution is 2.51. The van der Waals surface area contributed by atoms with Crippen LogP contribution in [-0.2, 0) is 0 Å². The third-order valence-corrected chi connectivity index (χ3v) is 10.8. The Labute approximate surface area is 312 Å². The number of hydrogen-bond donors (Lipinski definition) is 0. The van der Waals surface area contributed by atoms with Crippen LogP contribution in [0.25, 0.3) is 72.6 Å². The first-order chi connectivity index (χ1) is 26.8. The maximum Gasteiger partial charge on any atom is 0.166 e. The number of benzene rings is 6. The van der Waals surface area contributed by atoms with E-state index in [-0.39, 0.29) is 12.0 Å². The van der Waals surface area contributed by atoms with Crippen LogP contribution in [0.4, 0.5) is 11.4 Å². The average molecular weight is 693 g/mol. The second-order valence-corrected chi connectivity index (χ2v) is 13.8. The van der Waals surface area contributed by atoms with Crippen LogP contribution in [0.15, 0.2) is 182 Å². The van der Waals surface area contributed by atoms with Gasteiger partial charge < -0.3 is 9.47 Å². The van der Waals surface area contributed by atoms with Crippen LogP contribution >= 0.6 is 0 Å². The Kier molecular flexibility index (Phi) is 6.89. The number of pyridine rings is 1. The molecule has 254 valence electrons. The van der Waals surface area contributed by atoms with Crippen molar-refractivity contribution in [1.29, 1.82) is 0 Å². The van der Waals surface area contributed by atoms with Gasteiger partial charge in [0.05, 0.1) is 28.3 Å². The van der Waals surface area contributed by atoms with Crippen molar-refractivity contribution < 1.29 is 0 Å². The zero-order valence-corrected chi connectivity index (χ0v) is 29.2. The van der Waals surface area contributed by atoms with E-state index >= 15 is 0 Å². The molecule has 11 rings (SSSR count). The first kappa shape index (κ1) is 30.4. The van der Waals surface area contributed by atoms with Crippen LogP contribution in [0, 0.1) is 0 Å². The van der Waals surface area contributed by atoms with Gasteiger partial charge in [0.15, 0.2) is 17.5 Å². The third-order valence-electron chi connectivity index (χ3n) is 10.8. The fourth-order valence-electron chi connectivity index (χ4n) is 8.51. The molecule has 3 aromatic heterocycles. The van der Waals surface area contributed by atoms with Crippen LogP contribution in [0.1, 0.15) is 11.5 Å². The summed E-state index contributed by atoms with van der Waals surface area (Å²) < 4.78 is 2.34. The monoisotopic (exact) mass is 692 g/mol. The SMILES string of the molecule is C1=CC2c3cccc(-c4nc(-c5cccc6cccnc56)nc(-c5cccc6c7ccccc7n(-c7ccccc7)c56)n4)c3N(c3ccccc3)C2C=C1. The number of rotatable bonds is 5. The molecule has 0 spiro atoms. The fourth-order valence-corrected chi connectivity index (χ4v) is 8.51. The van der Waals surface area contributed by atoms with E-state index in [0.717, 1.165) is 61.1 Å². The topological polar surface area (TPSA) is 59.7 Å². The summed E-state index contributed by atoms with van der Waals surface area (Å²) in [7, 11) is 0. The molecule has 0 radical (unpaired) electrons. The molecule has 6 heteroatoms. The average Bonchev–Trinajstić information content (AvgIpc) is 3.77. The van der Waals surface area contributed by atoms with Crippen molar-refractivity contribution in [3.8, 4) is 39.9 Å². The van der Waals surface area contributed by atoms with Crippen LogP contribution < -0.4 is 4.90 Å². The van der Waals surface area contributed by atoms with Crippen molar-refractivity contribution in [2.75, 3.05) is 4.90 Å². The molecule has 0 saturated carbocycles. The Balaban J connectivity index is 1.22. The van der Waals surface area contributed by atoms with Crippen molar-refractivity contribution in [2.24, 2.45) is 0 Å². The number of para-hydroxylation sites is 6. The maximum absolute atomic E-state index is 5.44. The smallest absolute Gasteiger partial charge is 0.166 e. The van der Waals surface area contributed by atoms with Crippen molar-refractivity contribution in [3.63, 3.8) is 0 Å². The minimum atomic E-state index is 0.131. The highest BCUT2D eigenvalue weighted by atomic mass is 15.2. The van der Waals surface area contributed by atoms with Crippen LogP contribution in [0.5, 0.6) is 0 Å². The molecule has 0 saturated heterocycles. The van der Waals surface area contributed by atoms with Gasteiger partial charge >= 0.3 is 0 Å². The molecule has 0 N–H and O–H groups in total. The van der Waals surface area contributed by atoms with E-state index in [4.69, 9.17) is 19.9 Å². The zero-order valence-electron chi connectivity index (χ0n) is 29.2. The van der Waals surface area contributed by atoms with Crippen molar-refractivity contribution in [3.05, 3.63) is 188 Å². The lowest BCUT2D eigenvalue weighted by Crippen LogP contribution is -2.28. The summed E-state index contributed by atoms with van der Waals surface area (Å²) in [5.74, 6) is 2.00. The second-order valence-electron chi connectivity index (χ2n) is 13.8. The normalized spacial score (nSPS) is 16.0. The third kappa shape index (κ3) is 4.67. The summed E-state index contributed by atoms with van der Waals surface area (Å²) in [6.45, 7) is 0. The van der Waals surface area contributed by atoms with Gasteiger partial charge in [0.2, 0.25) is 0 Å².